The molecular weight excluding hydrogens is 493 g/mol. The number of likely N-dealkylation sites (N-methyl/N-ethyl adjacent to an activating group) is 1. The van der Waals surface area contributed by atoms with Crippen molar-refractivity contribution in [3.8, 4) is 17.2 Å². The number of nitrogens with zero attached hydrogens (tertiary/aromatic N) is 2. The number of hydrogen-bond acceptors (Lipinski definition) is 4. The molecule has 0 N–H and O–H groups in total. The van der Waals surface area contributed by atoms with Crippen LogP contribution in [0, 0.1) is 0 Å². The van der Waals surface area contributed by atoms with Crippen molar-refractivity contribution >= 4 is 10.9 Å². The van der Waals surface area contributed by atoms with Crippen LogP contribution in [-0.4, -0.2) is 35.7 Å². The van der Waals surface area contributed by atoms with E-state index in [1.54, 1.807) is 10.8 Å². The van der Waals surface area contributed by atoms with Crippen LogP contribution >= 0.6 is 0 Å². The fourth-order valence-corrected chi connectivity index (χ4v) is 4.93. The number of pyridine rings is 1. The first-order valence-corrected chi connectivity index (χ1v) is 12.7. The zero-order valence-electron chi connectivity index (χ0n) is 21.3. The Kier molecular flexibility index (Phi) is 7.17. The van der Waals surface area contributed by atoms with Gasteiger partial charge in [-0.05, 0) is 49.0 Å². The minimum absolute atomic E-state index is 0.135. The topological polar surface area (TPSA) is 43.7 Å². The molecule has 1 aliphatic rings. The molecule has 38 heavy (non-hydrogen) atoms. The van der Waals surface area contributed by atoms with Crippen LogP contribution in [0.2, 0.25) is 0 Å². The number of para-hydroxylation sites is 1. The zero-order chi connectivity index (χ0) is 26.9. The van der Waals surface area contributed by atoms with Crippen molar-refractivity contribution in [3.63, 3.8) is 0 Å². The lowest BCUT2D eigenvalue weighted by Crippen LogP contribution is -2.27. The molecule has 4 aromatic rings. The van der Waals surface area contributed by atoms with Crippen molar-refractivity contribution in [2.24, 2.45) is 0 Å². The average molecular weight is 523 g/mol. The molecule has 0 unspecified atom stereocenters. The van der Waals surface area contributed by atoms with Gasteiger partial charge >= 0.3 is 6.18 Å². The average Bonchev–Trinajstić information content (AvgIpc) is 3.07. The summed E-state index contributed by atoms with van der Waals surface area (Å²) < 4.78 is 55.6. The van der Waals surface area contributed by atoms with E-state index in [9.17, 15) is 18.0 Å². The second kappa shape index (κ2) is 10.5. The van der Waals surface area contributed by atoms with Gasteiger partial charge in [0, 0.05) is 30.3 Å². The maximum Gasteiger partial charge on any atom is 0.417 e. The van der Waals surface area contributed by atoms with Crippen LogP contribution in [0.25, 0.3) is 16.6 Å². The largest absolute Gasteiger partial charge is 0.492 e. The molecule has 3 aromatic carbocycles. The number of aromatic nitrogens is 1. The molecule has 0 bridgehead atoms. The molecule has 0 atom stereocenters. The monoisotopic (exact) mass is 522 g/mol. The van der Waals surface area contributed by atoms with Crippen LogP contribution in [0.3, 0.4) is 0 Å². The summed E-state index contributed by atoms with van der Waals surface area (Å²) in [5.41, 5.74) is 1.11. The molecule has 5 nitrogen and oxygen atoms in total. The number of hydrogen-bond donors (Lipinski definition) is 0. The van der Waals surface area contributed by atoms with E-state index < -0.39 is 17.2 Å². The van der Waals surface area contributed by atoms with Crippen LogP contribution in [0.5, 0.6) is 11.5 Å². The van der Waals surface area contributed by atoms with Gasteiger partial charge in [0.15, 0.2) is 5.43 Å². The molecule has 0 saturated carbocycles. The lowest BCUT2D eigenvalue weighted by Gasteiger charge is -2.18. The highest BCUT2D eigenvalue weighted by atomic mass is 19.4. The summed E-state index contributed by atoms with van der Waals surface area (Å²) in [6, 6.07) is 16.9. The third-order valence-corrected chi connectivity index (χ3v) is 7.01. The maximum absolute atomic E-state index is 14.1. The Morgan fingerprint density at radius 1 is 1.00 bits per heavy atom. The number of benzene rings is 3. The van der Waals surface area contributed by atoms with E-state index in [0.717, 1.165) is 36.8 Å². The molecule has 2 heterocycles. The first kappa shape index (κ1) is 25.9. The van der Waals surface area contributed by atoms with Crippen LogP contribution in [0.15, 0.2) is 71.7 Å². The minimum Gasteiger partial charge on any atom is -0.492 e. The van der Waals surface area contributed by atoms with Gasteiger partial charge in [0.25, 0.3) is 0 Å². The predicted molar refractivity (Wildman–Crippen MR) is 141 cm³/mol. The van der Waals surface area contributed by atoms with Crippen molar-refractivity contribution < 1.29 is 22.6 Å². The molecule has 1 aromatic heterocycles. The Bertz CT molecular complexity index is 1510. The Hall–Kier alpha value is -3.78. The lowest BCUT2D eigenvalue weighted by molar-refractivity contribution is -0.136. The van der Waals surface area contributed by atoms with Crippen LogP contribution in [-0.2, 0) is 19.2 Å². The second-order valence-corrected chi connectivity index (χ2v) is 9.30. The molecular formula is C30H29F3N2O3. The third kappa shape index (κ3) is 5.00. The van der Waals surface area contributed by atoms with Crippen molar-refractivity contribution in [1.29, 1.82) is 0 Å². The number of alkyl halides is 3. The molecule has 198 valence electrons. The van der Waals surface area contributed by atoms with Gasteiger partial charge in [-0.3, -0.25) is 4.79 Å². The molecule has 5 rings (SSSR count). The van der Waals surface area contributed by atoms with Gasteiger partial charge in [-0.15, -0.1) is 0 Å². The summed E-state index contributed by atoms with van der Waals surface area (Å²) in [5, 5.41) is -0.374. The van der Waals surface area contributed by atoms with Crippen LogP contribution in [0.1, 0.15) is 36.1 Å². The van der Waals surface area contributed by atoms with Gasteiger partial charge in [0.05, 0.1) is 22.2 Å². The van der Waals surface area contributed by atoms with Gasteiger partial charge in [0.1, 0.15) is 24.7 Å². The number of fused-ring (bicyclic) bond motifs is 2. The van der Waals surface area contributed by atoms with E-state index in [-0.39, 0.29) is 35.2 Å². The first-order chi connectivity index (χ1) is 18.3. The van der Waals surface area contributed by atoms with E-state index in [4.69, 9.17) is 9.47 Å². The summed E-state index contributed by atoms with van der Waals surface area (Å²) in [5.74, 6) is 0.955. The summed E-state index contributed by atoms with van der Waals surface area (Å²) in [6.07, 6.45) is -2.86. The van der Waals surface area contributed by atoms with Gasteiger partial charge in [-0.1, -0.05) is 44.2 Å². The molecule has 8 heteroatoms. The second-order valence-electron chi connectivity index (χ2n) is 9.30. The minimum atomic E-state index is -4.69. The highest BCUT2D eigenvalue weighted by Gasteiger charge is 2.36. The highest BCUT2D eigenvalue weighted by Crippen LogP contribution is 2.40. The lowest BCUT2D eigenvalue weighted by atomic mass is 9.99. The molecule has 0 aliphatic carbocycles. The van der Waals surface area contributed by atoms with Crippen LogP contribution < -0.4 is 14.9 Å². The van der Waals surface area contributed by atoms with Gasteiger partial charge in [0.2, 0.25) is 0 Å². The fraction of sp³-hybridized carbons (Fsp3) is 0.300. The third-order valence-electron chi connectivity index (χ3n) is 7.01. The SMILES string of the molecule is CCN(CC)CCOc1ccc(Cc2cn3c4c(ccc(C(F)(F)F)c4c2=O)OCc2ccccc2-3)cc1. The maximum atomic E-state index is 14.1. The quantitative estimate of drug-likeness (QED) is 0.276. The van der Waals surface area contributed by atoms with Crippen molar-refractivity contribution in [2.75, 3.05) is 26.2 Å². The Morgan fingerprint density at radius 3 is 2.45 bits per heavy atom. The molecule has 0 saturated heterocycles. The first-order valence-electron chi connectivity index (χ1n) is 12.7. The predicted octanol–water partition coefficient (Wildman–Crippen LogP) is 6.21. The van der Waals surface area contributed by atoms with Crippen LogP contribution in [0.4, 0.5) is 13.2 Å². The summed E-state index contributed by atoms with van der Waals surface area (Å²) in [6.45, 7) is 7.69. The normalized spacial score (nSPS) is 12.8. The van der Waals surface area contributed by atoms with Crippen molar-refractivity contribution in [2.45, 2.75) is 33.1 Å². The van der Waals surface area contributed by atoms with E-state index >= 15 is 0 Å². The van der Waals surface area contributed by atoms with Gasteiger partial charge < -0.3 is 18.9 Å². The Morgan fingerprint density at radius 2 is 1.74 bits per heavy atom. The number of rotatable bonds is 8. The summed E-state index contributed by atoms with van der Waals surface area (Å²) in [7, 11) is 0. The Labute approximate surface area is 219 Å². The molecule has 0 radical (unpaired) electrons. The summed E-state index contributed by atoms with van der Waals surface area (Å²) >= 11 is 0. The molecule has 0 amide bonds. The highest BCUT2D eigenvalue weighted by molar-refractivity contribution is 5.91. The Balaban J connectivity index is 1.55. The molecule has 0 spiro atoms. The molecule has 1 aliphatic heterocycles. The van der Waals surface area contributed by atoms with E-state index in [0.29, 0.717) is 18.0 Å². The number of halogens is 3. The van der Waals surface area contributed by atoms with Crippen molar-refractivity contribution in [3.05, 3.63) is 99.3 Å². The fourth-order valence-electron chi connectivity index (χ4n) is 4.93. The zero-order valence-corrected chi connectivity index (χ0v) is 21.3. The summed E-state index contributed by atoms with van der Waals surface area (Å²) in [4.78, 5) is 15.9. The van der Waals surface area contributed by atoms with Gasteiger partial charge in [-0.2, -0.15) is 13.2 Å². The van der Waals surface area contributed by atoms with E-state index in [1.165, 1.54) is 6.07 Å². The van der Waals surface area contributed by atoms with Gasteiger partial charge in [-0.25, -0.2) is 0 Å². The molecule has 0 fully saturated rings. The number of ether oxygens (including phenoxy) is 2. The standard InChI is InChI=1S/C30H29F3N2O3/c1-3-34(4-2)15-16-37-23-11-9-20(10-12-23)17-22-18-35-25-8-6-5-7-21(25)19-38-26-14-13-24(30(31,32)33)27(28(26)35)29(22)36/h5-14,18H,3-4,15-17,19H2,1-2H3. The van der Waals surface area contributed by atoms with E-state index in [1.807, 2.05) is 48.5 Å². The smallest absolute Gasteiger partial charge is 0.417 e. The van der Waals surface area contributed by atoms with E-state index in [2.05, 4.69) is 18.7 Å². The van der Waals surface area contributed by atoms with Crippen molar-refractivity contribution in [1.82, 2.24) is 9.47 Å².